The smallest absolute Gasteiger partial charge is 0.260 e. The Morgan fingerprint density at radius 1 is 0.946 bits per heavy atom. The first-order valence-electron chi connectivity index (χ1n) is 11.5. The lowest BCUT2D eigenvalue weighted by molar-refractivity contribution is -0.119. The molecular formula is C28H27N3O5S. The van der Waals surface area contributed by atoms with E-state index in [0.717, 1.165) is 27.1 Å². The summed E-state index contributed by atoms with van der Waals surface area (Å²) in [6, 6.07) is 28.1. The van der Waals surface area contributed by atoms with Gasteiger partial charge in [0, 0.05) is 0 Å². The van der Waals surface area contributed by atoms with Crippen molar-refractivity contribution in [3.63, 3.8) is 0 Å². The number of anilines is 1. The molecule has 9 heteroatoms. The van der Waals surface area contributed by atoms with Crippen LogP contribution in [0.5, 0.6) is 11.5 Å². The molecule has 1 N–H and O–H groups in total. The van der Waals surface area contributed by atoms with E-state index in [0.29, 0.717) is 18.1 Å². The number of hydrazone groups is 1. The molecule has 0 atom stereocenters. The Hall–Kier alpha value is -4.37. The van der Waals surface area contributed by atoms with Crippen molar-refractivity contribution in [3.8, 4) is 11.5 Å². The minimum Gasteiger partial charge on any atom is -0.495 e. The van der Waals surface area contributed by atoms with Crippen LogP contribution in [0.1, 0.15) is 11.1 Å². The number of methoxy groups -OCH3 is 1. The molecule has 4 rings (SSSR count). The van der Waals surface area contributed by atoms with Crippen LogP contribution in [0.25, 0.3) is 10.8 Å². The van der Waals surface area contributed by atoms with Gasteiger partial charge in [-0.15, -0.1) is 0 Å². The summed E-state index contributed by atoms with van der Waals surface area (Å²) in [5.74, 6) is 0.448. The standard InChI is InChI=1S/C28H27N3O5S/c1-35-27-13-6-5-12-26(27)31(37(2,33)34)19-28(32)30-29-18-21-14-16-24(17-15-21)36-20-23-10-7-9-22-8-3-4-11-25(22)23/h3-18H,19-20H2,1-2H3,(H,30,32)/b29-18+. The van der Waals surface area contributed by atoms with Gasteiger partial charge in [-0.05, 0) is 58.3 Å². The van der Waals surface area contributed by atoms with E-state index in [-0.39, 0.29) is 5.69 Å². The van der Waals surface area contributed by atoms with Crippen molar-refractivity contribution >= 4 is 38.6 Å². The number of amides is 1. The van der Waals surface area contributed by atoms with Crippen molar-refractivity contribution in [1.29, 1.82) is 0 Å². The molecule has 0 saturated carbocycles. The average molecular weight is 518 g/mol. The van der Waals surface area contributed by atoms with Gasteiger partial charge >= 0.3 is 0 Å². The minimum absolute atomic E-state index is 0.269. The largest absolute Gasteiger partial charge is 0.495 e. The molecule has 0 bridgehead atoms. The van der Waals surface area contributed by atoms with Gasteiger partial charge in [0.25, 0.3) is 5.91 Å². The normalized spacial score (nSPS) is 11.4. The zero-order valence-corrected chi connectivity index (χ0v) is 21.3. The number of carbonyl (C=O) groups is 1. The fourth-order valence-electron chi connectivity index (χ4n) is 3.79. The molecule has 37 heavy (non-hydrogen) atoms. The van der Waals surface area contributed by atoms with E-state index in [1.807, 2.05) is 48.5 Å². The highest BCUT2D eigenvalue weighted by Gasteiger charge is 2.23. The van der Waals surface area contributed by atoms with Crippen molar-refractivity contribution in [2.75, 3.05) is 24.2 Å². The number of para-hydroxylation sites is 2. The number of hydrogen-bond donors (Lipinski definition) is 1. The van der Waals surface area contributed by atoms with Crippen molar-refractivity contribution < 1.29 is 22.7 Å². The van der Waals surface area contributed by atoms with Crippen LogP contribution in [0.4, 0.5) is 5.69 Å². The highest BCUT2D eigenvalue weighted by molar-refractivity contribution is 7.92. The maximum absolute atomic E-state index is 12.4. The summed E-state index contributed by atoms with van der Waals surface area (Å²) in [7, 11) is -2.30. The summed E-state index contributed by atoms with van der Waals surface area (Å²) in [4.78, 5) is 12.4. The van der Waals surface area contributed by atoms with Crippen molar-refractivity contribution in [2.24, 2.45) is 5.10 Å². The molecule has 4 aromatic carbocycles. The van der Waals surface area contributed by atoms with Crippen LogP contribution >= 0.6 is 0 Å². The molecule has 0 fully saturated rings. The third kappa shape index (κ3) is 6.65. The first kappa shape index (κ1) is 25.7. The van der Waals surface area contributed by atoms with Gasteiger partial charge in [0.15, 0.2) is 0 Å². The second kappa shape index (κ2) is 11.6. The van der Waals surface area contributed by atoms with Crippen LogP contribution in [-0.4, -0.2) is 40.4 Å². The number of benzene rings is 4. The number of carbonyl (C=O) groups excluding carboxylic acids is 1. The van der Waals surface area contributed by atoms with Crippen LogP contribution in [0.2, 0.25) is 0 Å². The monoisotopic (exact) mass is 517 g/mol. The lowest BCUT2D eigenvalue weighted by Crippen LogP contribution is -2.39. The van der Waals surface area contributed by atoms with E-state index in [1.54, 1.807) is 24.3 Å². The maximum Gasteiger partial charge on any atom is 0.260 e. The first-order valence-corrected chi connectivity index (χ1v) is 13.3. The van der Waals surface area contributed by atoms with Gasteiger partial charge in [0.1, 0.15) is 24.7 Å². The van der Waals surface area contributed by atoms with E-state index < -0.39 is 22.5 Å². The predicted molar refractivity (Wildman–Crippen MR) is 146 cm³/mol. The Morgan fingerprint density at radius 2 is 1.65 bits per heavy atom. The van der Waals surface area contributed by atoms with Crippen molar-refractivity contribution in [1.82, 2.24) is 5.43 Å². The fourth-order valence-corrected chi connectivity index (χ4v) is 4.65. The molecule has 0 heterocycles. The number of sulfonamides is 1. The van der Waals surface area contributed by atoms with Gasteiger partial charge in [-0.2, -0.15) is 5.10 Å². The molecule has 4 aromatic rings. The van der Waals surface area contributed by atoms with Gasteiger partial charge in [0.2, 0.25) is 10.0 Å². The summed E-state index contributed by atoms with van der Waals surface area (Å²) in [5.41, 5.74) is 4.48. The van der Waals surface area contributed by atoms with E-state index in [9.17, 15) is 13.2 Å². The molecule has 0 aromatic heterocycles. The van der Waals surface area contributed by atoms with E-state index in [1.165, 1.54) is 18.7 Å². The molecule has 8 nitrogen and oxygen atoms in total. The van der Waals surface area contributed by atoms with E-state index >= 15 is 0 Å². The molecule has 0 aliphatic rings. The van der Waals surface area contributed by atoms with Crippen LogP contribution < -0.4 is 19.2 Å². The summed E-state index contributed by atoms with van der Waals surface area (Å²) in [5, 5.41) is 6.28. The third-order valence-corrected chi connectivity index (χ3v) is 6.73. The van der Waals surface area contributed by atoms with Crippen LogP contribution in [-0.2, 0) is 21.4 Å². The van der Waals surface area contributed by atoms with E-state index in [4.69, 9.17) is 9.47 Å². The number of nitrogens with zero attached hydrogens (tertiary/aromatic N) is 2. The van der Waals surface area contributed by atoms with Gasteiger partial charge in [-0.1, -0.05) is 54.6 Å². The quantitative estimate of drug-likeness (QED) is 0.249. The molecule has 190 valence electrons. The lowest BCUT2D eigenvalue weighted by Gasteiger charge is -2.23. The highest BCUT2D eigenvalue weighted by Crippen LogP contribution is 2.29. The topological polar surface area (TPSA) is 97.3 Å². The second-order valence-corrected chi connectivity index (χ2v) is 10.1. The Bertz CT molecular complexity index is 1510. The van der Waals surface area contributed by atoms with Gasteiger partial charge in [-0.3, -0.25) is 9.10 Å². The zero-order chi connectivity index (χ0) is 26.3. The Morgan fingerprint density at radius 3 is 2.41 bits per heavy atom. The van der Waals surface area contributed by atoms with Gasteiger partial charge in [0.05, 0.1) is 25.3 Å². The molecule has 0 radical (unpaired) electrons. The summed E-state index contributed by atoms with van der Waals surface area (Å²) >= 11 is 0. The number of ether oxygens (including phenoxy) is 2. The SMILES string of the molecule is COc1ccccc1N(CC(=O)N/N=C/c1ccc(OCc2cccc3ccccc23)cc1)S(C)(=O)=O. The van der Waals surface area contributed by atoms with Crippen LogP contribution in [0, 0.1) is 0 Å². The molecular weight excluding hydrogens is 490 g/mol. The number of fused-ring (bicyclic) bond motifs is 1. The van der Waals surface area contributed by atoms with Crippen LogP contribution in [0.15, 0.2) is 96.1 Å². The first-order chi connectivity index (χ1) is 17.8. The van der Waals surface area contributed by atoms with Gasteiger partial charge < -0.3 is 9.47 Å². The Labute approximate surface area is 216 Å². The van der Waals surface area contributed by atoms with Crippen molar-refractivity contribution in [3.05, 3.63) is 102 Å². The average Bonchev–Trinajstić information content (AvgIpc) is 2.90. The Balaban J connectivity index is 1.34. The molecule has 0 aliphatic heterocycles. The number of nitrogens with one attached hydrogen (secondary N) is 1. The number of rotatable bonds is 10. The fraction of sp³-hybridized carbons (Fsp3) is 0.143. The predicted octanol–water partition coefficient (Wildman–Crippen LogP) is 4.34. The summed E-state index contributed by atoms with van der Waals surface area (Å²) in [6.07, 6.45) is 2.50. The molecule has 1 amide bonds. The van der Waals surface area contributed by atoms with Crippen molar-refractivity contribution in [2.45, 2.75) is 6.61 Å². The van der Waals surface area contributed by atoms with Gasteiger partial charge in [-0.25, -0.2) is 13.8 Å². The molecule has 0 unspecified atom stereocenters. The summed E-state index contributed by atoms with van der Waals surface area (Å²) < 4.78 is 36.8. The Kier molecular flexibility index (Phi) is 8.05. The highest BCUT2D eigenvalue weighted by atomic mass is 32.2. The second-order valence-electron chi connectivity index (χ2n) is 8.23. The number of hydrogen-bond acceptors (Lipinski definition) is 6. The molecule has 0 aliphatic carbocycles. The third-order valence-electron chi connectivity index (χ3n) is 5.60. The molecule has 0 spiro atoms. The van der Waals surface area contributed by atoms with E-state index in [2.05, 4.69) is 28.7 Å². The maximum atomic E-state index is 12.4. The summed E-state index contributed by atoms with van der Waals surface area (Å²) in [6.45, 7) is -0.00856. The minimum atomic E-state index is -3.74. The molecule has 0 saturated heterocycles. The zero-order valence-electron chi connectivity index (χ0n) is 20.5. The van der Waals surface area contributed by atoms with Crippen LogP contribution in [0.3, 0.4) is 0 Å². The lowest BCUT2D eigenvalue weighted by atomic mass is 10.1.